The molecule has 1 aliphatic heterocycles. The van der Waals surface area contributed by atoms with Crippen LogP contribution in [0.5, 0.6) is 0 Å². The second-order valence-corrected chi connectivity index (χ2v) is 7.43. The van der Waals surface area contributed by atoms with Crippen LogP contribution >= 0.6 is 11.3 Å². The highest BCUT2D eigenvalue weighted by Gasteiger charge is 2.31. The smallest absolute Gasteiger partial charge is 0.394 e. The predicted octanol–water partition coefficient (Wildman–Crippen LogP) is 0.434. The van der Waals surface area contributed by atoms with Crippen molar-refractivity contribution in [2.75, 3.05) is 11.9 Å². The Morgan fingerprint density at radius 2 is 1.90 bits per heavy atom. The van der Waals surface area contributed by atoms with Crippen molar-refractivity contribution in [1.29, 1.82) is 0 Å². The van der Waals surface area contributed by atoms with Gasteiger partial charge in [-0.1, -0.05) is 0 Å². The van der Waals surface area contributed by atoms with Gasteiger partial charge >= 0.3 is 23.8 Å². The zero-order valence-corrected chi connectivity index (χ0v) is 16.4. The number of fused-ring (bicyclic) bond motifs is 1. The number of amides is 2. The largest absolute Gasteiger partial charge is 0.478 e. The van der Waals surface area contributed by atoms with Gasteiger partial charge in [-0.05, 0) is 17.7 Å². The molecule has 2 aromatic heterocycles. The molecule has 1 unspecified atom stereocenters. The molecule has 3 heterocycles. The summed E-state index contributed by atoms with van der Waals surface area (Å²) in [5.74, 6) is -6.50. The fourth-order valence-electron chi connectivity index (χ4n) is 2.98. The van der Waals surface area contributed by atoms with Gasteiger partial charge in [0, 0.05) is 24.0 Å². The number of thiophene rings is 1. The van der Waals surface area contributed by atoms with Crippen LogP contribution in [0.25, 0.3) is 0 Å². The van der Waals surface area contributed by atoms with Gasteiger partial charge in [0.1, 0.15) is 10.7 Å². The van der Waals surface area contributed by atoms with E-state index in [-0.39, 0.29) is 41.4 Å². The summed E-state index contributed by atoms with van der Waals surface area (Å²) in [4.78, 5) is 61.7. The average Bonchev–Trinajstić information content (AvgIpc) is 3.09. The summed E-state index contributed by atoms with van der Waals surface area (Å²) in [6.45, 7) is -0.0622. The lowest BCUT2D eigenvalue weighted by Crippen LogP contribution is -2.37. The van der Waals surface area contributed by atoms with E-state index in [9.17, 15) is 29.1 Å². The van der Waals surface area contributed by atoms with Crippen molar-refractivity contribution in [3.05, 3.63) is 45.6 Å². The molecule has 0 spiro atoms. The van der Waals surface area contributed by atoms with Crippen LogP contribution in [-0.2, 0) is 27.4 Å². The Hall–Kier alpha value is -3.84. The van der Waals surface area contributed by atoms with Gasteiger partial charge in [-0.2, -0.15) is 0 Å². The fourth-order valence-corrected chi connectivity index (χ4v) is 4.11. The molecule has 0 saturated heterocycles. The van der Waals surface area contributed by atoms with E-state index in [1.807, 2.05) is 0 Å². The number of carboxylic acid groups (broad SMARTS) is 3. The molecule has 12 nitrogen and oxygen atoms in total. The molecule has 2 amide bonds. The topological polar surface area (TPSA) is 192 Å². The number of ether oxygens (including phenoxy) is 1. The third-order valence-corrected chi connectivity index (χ3v) is 5.47. The van der Waals surface area contributed by atoms with Crippen LogP contribution < -0.4 is 10.6 Å². The first kappa shape index (κ1) is 21.9. The summed E-state index contributed by atoms with van der Waals surface area (Å²) in [7, 11) is 0. The molecular weight excluding hydrogens is 434 g/mol. The van der Waals surface area contributed by atoms with Crippen LogP contribution in [0.2, 0.25) is 0 Å². The first-order valence-corrected chi connectivity index (χ1v) is 9.50. The standard InChI is InChI=1S/C18H15N3O9S/c22-13(12-8(16(24)25)2-1-3-19-12)20-5-7-4-9-10(6-30-7)31-15(11(9)17(26)27)21-14(23)18(28)29/h1-3,7H,4-6H2,(H,20,22)(H,21,23)(H,24,25)(H,26,27)(H,28,29). The van der Waals surface area contributed by atoms with E-state index in [1.165, 1.54) is 18.3 Å². The molecule has 162 valence electrons. The summed E-state index contributed by atoms with van der Waals surface area (Å²) in [5.41, 5.74) is -0.400. The van der Waals surface area contributed by atoms with E-state index < -0.39 is 35.8 Å². The van der Waals surface area contributed by atoms with Crippen molar-refractivity contribution in [1.82, 2.24) is 10.3 Å². The minimum atomic E-state index is -1.75. The van der Waals surface area contributed by atoms with Crippen LogP contribution in [-0.4, -0.2) is 62.7 Å². The molecule has 0 fully saturated rings. The van der Waals surface area contributed by atoms with Gasteiger partial charge < -0.3 is 30.7 Å². The van der Waals surface area contributed by atoms with Gasteiger partial charge in [0.2, 0.25) is 0 Å². The molecule has 0 bridgehead atoms. The number of carbonyl (C=O) groups excluding carboxylic acids is 2. The second-order valence-electron chi connectivity index (χ2n) is 6.32. The second kappa shape index (κ2) is 8.89. The van der Waals surface area contributed by atoms with E-state index >= 15 is 0 Å². The number of rotatable bonds is 6. The maximum absolute atomic E-state index is 12.3. The van der Waals surface area contributed by atoms with Crippen molar-refractivity contribution in [3.63, 3.8) is 0 Å². The number of hydrogen-bond acceptors (Lipinski definition) is 8. The van der Waals surface area contributed by atoms with E-state index in [4.69, 9.17) is 14.9 Å². The minimum Gasteiger partial charge on any atom is -0.478 e. The number of aromatic carboxylic acids is 2. The highest BCUT2D eigenvalue weighted by atomic mass is 32.1. The maximum atomic E-state index is 12.3. The summed E-state index contributed by atoms with van der Waals surface area (Å²) in [6.07, 6.45) is 0.719. The lowest BCUT2D eigenvalue weighted by atomic mass is 10.0. The van der Waals surface area contributed by atoms with Gasteiger partial charge in [-0.3, -0.25) is 14.6 Å². The van der Waals surface area contributed by atoms with E-state index in [2.05, 4.69) is 15.6 Å². The van der Waals surface area contributed by atoms with Gasteiger partial charge in [0.05, 0.1) is 23.8 Å². The molecule has 0 aliphatic carbocycles. The zero-order valence-electron chi connectivity index (χ0n) is 15.6. The first-order chi connectivity index (χ1) is 14.7. The van der Waals surface area contributed by atoms with Crippen molar-refractivity contribution in [2.24, 2.45) is 0 Å². The van der Waals surface area contributed by atoms with Gasteiger partial charge in [-0.15, -0.1) is 11.3 Å². The van der Waals surface area contributed by atoms with Crippen molar-refractivity contribution < 1.29 is 44.0 Å². The molecule has 2 aromatic rings. The number of pyridine rings is 1. The third kappa shape index (κ3) is 4.67. The predicted molar refractivity (Wildman–Crippen MR) is 103 cm³/mol. The molecule has 3 rings (SSSR count). The van der Waals surface area contributed by atoms with E-state index in [0.29, 0.717) is 10.4 Å². The number of hydrogen-bond donors (Lipinski definition) is 5. The minimum absolute atomic E-state index is 0.00623. The molecule has 13 heteroatoms. The summed E-state index contributed by atoms with van der Waals surface area (Å²) >= 11 is 0.901. The highest BCUT2D eigenvalue weighted by molar-refractivity contribution is 7.17. The number of nitrogens with zero attached hydrogens (tertiary/aromatic N) is 1. The number of carbonyl (C=O) groups is 5. The Morgan fingerprint density at radius 1 is 1.16 bits per heavy atom. The van der Waals surface area contributed by atoms with Gasteiger partial charge in [0.25, 0.3) is 5.91 Å². The van der Waals surface area contributed by atoms with Crippen LogP contribution in [0.3, 0.4) is 0 Å². The molecule has 31 heavy (non-hydrogen) atoms. The first-order valence-electron chi connectivity index (χ1n) is 8.69. The Kier molecular flexibility index (Phi) is 6.27. The number of nitrogens with one attached hydrogen (secondary N) is 2. The van der Waals surface area contributed by atoms with Crippen LogP contribution in [0.4, 0.5) is 5.00 Å². The van der Waals surface area contributed by atoms with Gasteiger partial charge in [0.15, 0.2) is 0 Å². The lowest BCUT2D eigenvalue weighted by molar-refractivity contribution is -0.147. The van der Waals surface area contributed by atoms with E-state index in [0.717, 1.165) is 11.3 Å². The summed E-state index contributed by atoms with van der Waals surface area (Å²) in [5, 5.41) is 31.9. The number of anilines is 1. The summed E-state index contributed by atoms with van der Waals surface area (Å²) in [6, 6.07) is 2.63. The third-order valence-electron chi connectivity index (χ3n) is 4.35. The quantitative estimate of drug-likeness (QED) is 0.386. The Labute approximate surface area is 177 Å². The van der Waals surface area contributed by atoms with Crippen molar-refractivity contribution in [2.45, 2.75) is 19.1 Å². The average molecular weight is 449 g/mol. The fraction of sp³-hybridized carbons (Fsp3) is 0.222. The molecule has 1 atom stereocenters. The summed E-state index contributed by atoms with van der Waals surface area (Å²) < 4.78 is 5.61. The monoisotopic (exact) mass is 449 g/mol. The number of aromatic nitrogens is 1. The maximum Gasteiger partial charge on any atom is 0.394 e. The Bertz CT molecular complexity index is 1090. The van der Waals surface area contributed by atoms with Gasteiger partial charge in [-0.25, -0.2) is 14.4 Å². The Morgan fingerprint density at radius 3 is 2.55 bits per heavy atom. The lowest BCUT2D eigenvalue weighted by Gasteiger charge is -2.23. The SMILES string of the molecule is O=C(O)C(=O)Nc1sc2c(c1C(=O)O)CC(CNC(=O)c1ncccc1C(=O)O)OC2. The molecular formula is C18H15N3O9S. The number of aliphatic carboxylic acids is 1. The Balaban J connectivity index is 1.74. The molecule has 1 aliphatic rings. The highest BCUT2D eigenvalue weighted by Crippen LogP contribution is 2.37. The molecule has 5 N–H and O–H groups in total. The zero-order chi connectivity index (χ0) is 22.7. The molecule has 0 radical (unpaired) electrons. The normalized spacial score (nSPS) is 14.9. The molecule has 0 aromatic carbocycles. The van der Waals surface area contributed by atoms with Crippen LogP contribution in [0.15, 0.2) is 18.3 Å². The van der Waals surface area contributed by atoms with E-state index in [1.54, 1.807) is 0 Å². The molecule has 0 saturated carbocycles. The van der Waals surface area contributed by atoms with Crippen LogP contribution in [0.1, 0.15) is 41.6 Å². The number of carboxylic acids is 3. The van der Waals surface area contributed by atoms with Crippen molar-refractivity contribution in [3.8, 4) is 0 Å². The van der Waals surface area contributed by atoms with Crippen LogP contribution in [0, 0.1) is 0 Å². The van der Waals surface area contributed by atoms with Crippen molar-refractivity contribution >= 4 is 46.1 Å².